The van der Waals surface area contributed by atoms with Crippen LogP contribution >= 0.6 is 0 Å². The van der Waals surface area contributed by atoms with E-state index in [1.807, 2.05) is 0 Å². The number of H-pyrrole nitrogens is 2. The van der Waals surface area contributed by atoms with Gasteiger partial charge in [0.25, 0.3) is 11.4 Å². The lowest BCUT2D eigenvalue weighted by Gasteiger charge is -2.34. The maximum Gasteiger partial charge on any atom is 0.293 e. The van der Waals surface area contributed by atoms with Gasteiger partial charge in [-0.05, 0) is 38.1 Å². The lowest BCUT2D eigenvalue weighted by molar-refractivity contribution is -0.383. The summed E-state index contributed by atoms with van der Waals surface area (Å²) in [6.45, 7) is 6.81. The summed E-state index contributed by atoms with van der Waals surface area (Å²) in [5.41, 5.74) is 0.822. The van der Waals surface area contributed by atoms with Crippen molar-refractivity contribution in [2.24, 2.45) is 0 Å². The van der Waals surface area contributed by atoms with E-state index < -0.39 is 9.85 Å². The lowest BCUT2D eigenvalue weighted by Crippen LogP contribution is -2.47. The summed E-state index contributed by atoms with van der Waals surface area (Å²) in [6, 6.07) is 8.72. The zero-order valence-corrected chi connectivity index (χ0v) is 22.9. The fourth-order valence-electron chi connectivity index (χ4n) is 5.44. The number of hydrogen-bond donors (Lipinski definition) is 4. The van der Waals surface area contributed by atoms with Crippen molar-refractivity contribution in [1.29, 1.82) is 0 Å². The molecule has 220 valence electrons. The van der Waals surface area contributed by atoms with Crippen molar-refractivity contribution >= 4 is 44.6 Å². The van der Waals surface area contributed by atoms with Crippen LogP contribution in [0.5, 0.6) is 0 Å². The standard InChI is InChI=1S/C28H32N8O6/c37-23-7-11-31-27-21(35(39)40)5-3-19(25(23)27)29-9-1-13-33-15-17-34(18-16-33)14-2-10-30-20-4-6-22(36(41)42)28-26(20)24(38)8-12-32-28/h3-8,11-12,29-30H,1-2,9-10,13-18H2,(H,31,37)(H,32,38). The van der Waals surface area contributed by atoms with Crippen LogP contribution in [0.15, 0.2) is 58.4 Å². The Balaban J connectivity index is 1.05. The molecule has 14 nitrogen and oxygen atoms in total. The first-order valence-corrected chi connectivity index (χ1v) is 13.8. The monoisotopic (exact) mass is 576 g/mol. The molecular formula is C28H32N8O6. The molecule has 0 amide bonds. The van der Waals surface area contributed by atoms with Gasteiger partial charge < -0.3 is 30.4 Å². The van der Waals surface area contributed by atoms with Crippen LogP contribution < -0.4 is 21.5 Å². The Morgan fingerprint density at radius 1 is 0.667 bits per heavy atom. The molecule has 0 unspecified atom stereocenters. The molecule has 1 saturated heterocycles. The molecule has 4 aromatic rings. The predicted octanol–water partition coefficient (Wildman–Crippen LogP) is 3.11. The Bertz CT molecular complexity index is 1600. The summed E-state index contributed by atoms with van der Waals surface area (Å²) in [7, 11) is 0. The molecule has 1 aliphatic heterocycles. The average molecular weight is 577 g/mol. The molecule has 42 heavy (non-hydrogen) atoms. The summed E-state index contributed by atoms with van der Waals surface area (Å²) in [6.07, 6.45) is 4.55. The highest BCUT2D eigenvalue weighted by Gasteiger charge is 2.19. The normalized spacial score (nSPS) is 14.3. The van der Waals surface area contributed by atoms with Gasteiger partial charge >= 0.3 is 0 Å². The SMILES string of the molecule is O=c1cc[nH]c2c([N+](=O)[O-])ccc(NCCCN3CCN(CCCNc4ccc([N+](=O)[O-])c5[nH]ccc(=O)c45)CC3)c12. The number of pyridine rings is 2. The predicted molar refractivity (Wildman–Crippen MR) is 162 cm³/mol. The van der Waals surface area contributed by atoms with E-state index in [-0.39, 0.29) is 33.3 Å². The minimum absolute atomic E-state index is 0.128. The van der Waals surface area contributed by atoms with Crippen LogP contribution in [0.4, 0.5) is 22.7 Å². The minimum atomic E-state index is -0.499. The van der Waals surface area contributed by atoms with Gasteiger partial charge in [-0.2, -0.15) is 0 Å². The van der Waals surface area contributed by atoms with Crippen LogP contribution in [-0.4, -0.2) is 82.0 Å². The van der Waals surface area contributed by atoms with Gasteiger partial charge in [0.05, 0.1) is 20.6 Å². The molecule has 3 heterocycles. The fraction of sp³-hybridized carbons (Fsp3) is 0.357. The van der Waals surface area contributed by atoms with Gasteiger partial charge in [-0.1, -0.05) is 0 Å². The number of piperazine rings is 1. The second-order valence-electron chi connectivity index (χ2n) is 10.2. The first kappa shape index (κ1) is 28.7. The van der Waals surface area contributed by atoms with Crippen molar-refractivity contribution < 1.29 is 9.85 Å². The summed E-state index contributed by atoms with van der Waals surface area (Å²) in [5, 5.41) is 29.8. The molecule has 2 aromatic carbocycles. The molecule has 0 radical (unpaired) electrons. The van der Waals surface area contributed by atoms with Gasteiger partial charge in [-0.3, -0.25) is 29.8 Å². The number of nitrogens with one attached hydrogen (secondary N) is 4. The number of hydrogen-bond acceptors (Lipinski definition) is 10. The third-order valence-corrected chi connectivity index (χ3v) is 7.58. The number of fused-ring (bicyclic) bond motifs is 2. The number of nitro groups is 2. The first-order valence-electron chi connectivity index (χ1n) is 13.8. The van der Waals surface area contributed by atoms with Gasteiger partial charge in [-0.15, -0.1) is 0 Å². The van der Waals surface area contributed by atoms with Crippen molar-refractivity contribution in [1.82, 2.24) is 19.8 Å². The van der Waals surface area contributed by atoms with Crippen molar-refractivity contribution in [2.75, 3.05) is 63.0 Å². The number of anilines is 2. The molecule has 0 saturated carbocycles. The Morgan fingerprint density at radius 2 is 1.07 bits per heavy atom. The van der Waals surface area contributed by atoms with Crippen molar-refractivity contribution in [3.8, 4) is 0 Å². The van der Waals surface area contributed by atoms with Crippen molar-refractivity contribution in [2.45, 2.75) is 12.8 Å². The Morgan fingerprint density at radius 3 is 1.45 bits per heavy atom. The Kier molecular flexibility index (Phi) is 8.74. The third kappa shape index (κ3) is 6.24. The minimum Gasteiger partial charge on any atom is -0.384 e. The molecule has 0 bridgehead atoms. The van der Waals surface area contributed by atoms with Crippen LogP contribution in [0.1, 0.15) is 12.8 Å². The zero-order valence-electron chi connectivity index (χ0n) is 22.9. The second kappa shape index (κ2) is 12.8. The van der Waals surface area contributed by atoms with E-state index in [4.69, 9.17) is 0 Å². The quantitative estimate of drug-likeness (QED) is 0.111. The summed E-state index contributed by atoms with van der Waals surface area (Å²) in [5.74, 6) is 0. The van der Waals surface area contributed by atoms with Gasteiger partial charge in [0.15, 0.2) is 10.9 Å². The molecule has 1 fully saturated rings. The number of aromatic nitrogens is 2. The topological polar surface area (TPSA) is 183 Å². The maximum absolute atomic E-state index is 12.4. The number of aromatic amines is 2. The van der Waals surface area contributed by atoms with E-state index in [2.05, 4.69) is 30.4 Å². The van der Waals surface area contributed by atoms with Crippen molar-refractivity contribution in [3.63, 3.8) is 0 Å². The Hall–Kier alpha value is -4.82. The zero-order chi connectivity index (χ0) is 29.6. The summed E-state index contributed by atoms with van der Waals surface area (Å²) < 4.78 is 0. The number of nitrogens with zero attached hydrogens (tertiary/aromatic N) is 4. The molecule has 0 aliphatic carbocycles. The van der Waals surface area contributed by atoms with Gasteiger partial charge in [0.1, 0.15) is 11.0 Å². The second-order valence-corrected chi connectivity index (χ2v) is 10.2. The van der Waals surface area contributed by atoms with Crippen LogP contribution in [-0.2, 0) is 0 Å². The third-order valence-electron chi connectivity index (χ3n) is 7.58. The Labute approximate surface area is 239 Å². The molecule has 14 heteroatoms. The molecular weight excluding hydrogens is 544 g/mol. The van der Waals surface area contributed by atoms with E-state index in [1.54, 1.807) is 12.1 Å². The average Bonchev–Trinajstić information content (AvgIpc) is 2.98. The largest absolute Gasteiger partial charge is 0.384 e. The molecule has 5 rings (SSSR count). The first-order chi connectivity index (χ1) is 20.3. The highest BCUT2D eigenvalue weighted by Crippen LogP contribution is 2.28. The van der Waals surface area contributed by atoms with Crippen LogP contribution in [0.25, 0.3) is 21.8 Å². The smallest absolute Gasteiger partial charge is 0.293 e. The van der Waals surface area contributed by atoms with Gasteiger partial charge in [-0.25, -0.2) is 0 Å². The molecule has 0 atom stereocenters. The van der Waals surface area contributed by atoms with Crippen LogP contribution in [0, 0.1) is 20.2 Å². The molecule has 4 N–H and O–H groups in total. The van der Waals surface area contributed by atoms with E-state index in [0.717, 1.165) is 52.1 Å². The van der Waals surface area contributed by atoms with Gasteiger partial charge in [0, 0.05) is 87.3 Å². The maximum atomic E-state index is 12.4. The number of nitro benzene ring substituents is 2. The van der Waals surface area contributed by atoms with E-state index in [0.29, 0.717) is 35.2 Å². The van der Waals surface area contributed by atoms with Crippen molar-refractivity contribution in [3.05, 3.63) is 89.5 Å². The number of non-ortho nitro benzene ring substituents is 2. The van der Waals surface area contributed by atoms with Gasteiger partial charge in [0.2, 0.25) is 0 Å². The van der Waals surface area contributed by atoms with Crippen LogP contribution in [0.2, 0.25) is 0 Å². The summed E-state index contributed by atoms with van der Waals surface area (Å²) >= 11 is 0. The molecule has 1 aliphatic rings. The number of benzene rings is 2. The number of rotatable bonds is 12. The lowest BCUT2D eigenvalue weighted by atomic mass is 10.1. The highest BCUT2D eigenvalue weighted by molar-refractivity contribution is 5.97. The fourth-order valence-corrected chi connectivity index (χ4v) is 5.44. The molecule has 2 aromatic heterocycles. The van der Waals surface area contributed by atoms with Crippen LogP contribution in [0.3, 0.4) is 0 Å². The molecule has 0 spiro atoms. The van der Waals surface area contributed by atoms with E-state index in [1.165, 1.54) is 36.7 Å². The summed E-state index contributed by atoms with van der Waals surface area (Å²) in [4.78, 5) is 57.0. The van der Waals surface area contributed by atoms with E-state index >= 15 is 0 Å². The highest BCUT2D eigenvalue weighted by atomic mass is 16.6. The van der Waals surface area contributed by atoms with E-state index in [9.17, 15) is 29.8 Å².